The Kier molecular flexibility index (Phi) is 4.93. The summed E-state index contributed by atoms with van der Waals surface area (Å²) in [6.45, 7) is 4.92. The number of nitrogens with zero attached hydrogens (tertiary/aromatic N) is 1. The lowest BCUT2D eigenvalue weighted by Crippen LogP contribution is -2.55. The second-order valence-electron chi connectivity index (χ2n) is 5.31. The molecule has 104 valence electrons. The second kappa shape index (κ2) is 6.68. The number of piperazine rings is 1. The summed E-state index contributed by atoms with van der Waals surface area (Å²) in [5, 5.41) is 12.3. The van der Waals surface area contributed by atoms with Gasteiger partial charge in [-0.15, -0.1) is 0 Å². The third-order valence-electron chi connectivity index (χ3n) is 3.65. The van der Waals surface area contributed by atoms with E-state index in [-0.39, 0.29) is 6.42 Å². The van der Waals surface area contributed by atoms with E-state index in [2.05, 4.69) is 29.3 Å². The maximum Gasteiger partial charge on any atom is 0.303 e. The van der Waals surface area contributed by atoms with Crippen molar-refractivity contribution in [2.75, 3.05) is 13.1 Å². The molecule has 1 fully saturated rings. The number of hydrogen-bond acceptors (Lipinski definition) is 3. The third kappa shape index (κ3) is 4.33. The van der Waals surface area contributed by atoms with Crippen LogP contribution >= 0.6 is 0 Å². The van der Waals surface area contributed by atoms with Crippen molar-refractivity contribution in [3.05, 3.63) is 35.9 Å². The number of rotatable bonds is 5. The van der Waals surface area contributed by atoms with Gasteiger partial charge in [-0.2, -0.15) is 0 Å². The molecule has 4 nitrogen and oxygen atoms in total. The van der Waals surface area contributed by atoms with E-state index in [1.807, 2.05) is 18.2 Å². The Labute approximate surface area is 114 Å². The third-order valence-corrected chi connectivity index (χ3v) is 3.65. The molecule has 1 saturated heterocycles. The molecule has 1 aliphatic rings. The molecule has 1 aromatic carbocycles. The van der Waals surface area contributed by atoms with Crippen molar-refractivity contribution in [1.82, 2.24) is 10.2 Å². The summed E-state index contributed by atoms with van der Waals surface area (Å²) in [4.78, 5) is 13.1. The van der Waals surface area contributed by atoms with E-state index in [1.54, 1.807) is 0 Å². The van der Waals surface area contributed by atoms with Gasteiger partial charge in [-0.3, -0.25) is 9.69 Å². The number of aliphatic carboxylic acids is 1. The van der Waals surface area contributed by atoms with Gasteiger partial charge in [0.2, 0.25) is 0 Å². The average molecular weight is 262 g/mol. The van der Waals surface area contributed by atoms with E-state index in [0.717, 1.165) is 19.6 Å². The number of carboxylic acids is 1. The van der Waals surface area contributed by atoms with Gasteiger partial charge in [0.15, 0.2) is 0 Å². The Morgan fingerprint density at radius 1 is 1.42 bits per heavy atom. The van der Waals surface area contributed by atoms with Gasteiger partial charge in [0, 0.05) is 38.1 Å². The first-order valence-electron chi connectivity index (χ1n) is 6.88. The molecule has 1 aliphatic heterocycles. The van der Waals surface area contributed by atoms with Crippen LogP contribution < -0.4 is 5.32 Å². The van der Waals surface area contributed by atoms with E-state index >= 15 is 0 Å². The van der Waals surface area contributed by atoms with Gasteiger partial charge in [-0.05, 0) is 18.9 Å². The molecule has 2 unspecified atom stereocenters. The van der Waals surface area contributed by atoms with Gasteiger partial charge in [0.05, 0.1) is 0 Å². The van der Waals surface area contributed by atoms with Gasteiger partial charge in [-0.1, -0.05) is 30.3 Å². The summed E-state index contributed by atoms with van der Waals surface area (Å²) in [5.74, 6) is -0.710. The Morgan fingerprint density at radius 2 is 2.16 bits per heavy atom. The van der Waals surface area contributed by atoms with Crippen LogP contribution in [-0.2, 0) is 11.3 Å². The topological polar surface area (TPSA) is 52.6 Å². The molecule has 1 heterocycles. The van der Waals surface area contributed by atoms with Gasteiger partial charge in [0.1, 0.15) is 0 Å². The highest BCUT2D eigenvalue weighted by Gasteiger charge is 2.25. The molecule has 0 aromatic heterocycles. The fourth-order valence-electron chi connectivity index (χ4n) is 2.62. The van der Waals surface area contributed by atoms with Crippen LogP contribution in [0.25, 0.3) is 0 Å². The highest BCUT2D eigenvalue weighted by molar-refractivity contribution is 5.66. The maximum absolute atomic E-state index is 10.7. The molecule has 1 aromatic rings. The molecule has 0 aliphatic carbocycles. The van der Waals surface area contributed by atoms with E-state index in [0.29, 0.717) is 18.5 Å². The lowest BCUT2D eigenvalue weighted by atomic mass is 10.0. The van der Waals surface area contributed by atoms with Crippen molar-refractivity contribution in [3.8, 4) is 0 Å². The molecule has 0 spiro atoms. The SMILES string of the molecule is CC1CN(Cc2ccccc2)C(CCC(=O)O)CN1. The number of benzene rings is 1. The van der Waals surface area contributed by atoms with Gasteiger partial charge in [0.25, 0.3) is 0 Å². The number of hydrogen-bond donors (Lipinski definition) is 2. The fraction of sp³-hybridized carbons (Fsp3) is 0.533. The van der Waals surface area contributed by atoms with Crippen LogP contribution in [-0.4, -0.2) is 41.1 Å². The Balaban J connectivity index is 1.98. The molecule has 2 atom stereocenters. The van der Waals surface area contributed by atoms with E-state index in [1.165, 1.54) is 5.56 Å². The van der Waals surface area contributed by atoms with Crippen LogP contribution in [0.3, 0.4) is 0 Å². The highest BCUT2D eigenvalue weighted by Crippen LogP contribution is 2.16. The van der Waals surface area contributed by atoms with Crippen molar-refractivity contribution in [2.45, 2.75) is 38.4 Å². The monoisotopic (exact) mass is 262 g/mol. The van der Waals surface area contributed by atoms with Crippen LogP contribution in [0.4, 0.5) is 0 Å². The summed E-state index contributed by atoms with van der Waals surface area (Å²) in [5.41, 5.74) is 1.29. The molecule has 0 radical (unpaired) electrons. The van der Waals surface area contributed by atoms with Crippen LogP contribution in [0.15, 0.2) is 30.3 Å². The van der Waals surface area contributed by atoms with E-state index in [4.69, 9.17) is 5.11 Å². The molecule has 19 heavy (non-hydrogen) atoms. The highest BCUT2D eigenvalue weighted by atomic mass is 16.4. The van der Waals surface area contributed by atoms with Crippen LogP contribution in [0.5, 0.6) is 0 Å². The summed E-state index contributed by atoms with van der Waals surface area (Å²) in [6.07, 6.45) is 0.952. The normalized spacial score (nSPS) is 24.3. The lowest BCUT2D eigenvalue weighted by Gasteiger charge is -2.39. The largest absolute Gasteiger partial charge is 0.481 e. The molecule has 4 heteroatoms. The molecular formula is C15H22N2O2. The maximum atomic E-state index is 10.7. The molecule has 0 bridgehead atoms. The standard InChI is InChI=1S/C15H22N2O2/c1-12-10-17(11-13-5-3-2-4-6-13)14(9-16-12)7-8-15(18)19/h2-6,12,14,16H,7-11H2,1H3,(H,18,19). The Hall–Kier alpha value is -1.39. The van der Waals surface area contributed by atoms with Gasteiger partial charge in [-0.25, -0.2) is 0 Å². The van der Waals surface area contributed by atoms with Gasteiger partial charge < -0.3 is 10.4 Å². The predicted molar refractivity (Wildman–Crippen MR) is 75.0 cm³/mol. The molecular weight excluding hydrogens is 240 g/mol. The zero-order valence-electron chi connectivity index (χ0n) is 11.4. The number of nitrogens with one attached hydrogen (secondary N) is 1. The van der Waals surface area contributed by atoms with E-state index < -0.39 is 5.97 Å². The first-order valence-corrected chi connectivity index (χ1v) is 6.88. The Morgan fingerprint density at radius 3 is 2.84 bits per heavy atom. The summed E-state index contributed by atoms with van der Waals surface area (Å²) >= 11 is 0. The minimum atomic E-state index is -0.710. The van der Waals surface area contributed by atoms with Crippen molar-refractivity contribution >= 4 is 5.97 Å². The van der Waals surface area contributed by atoms with Gasteiger partial charge >= 0.3 is 5.97 Å². The molecule has 0 amide bonds. The zero-order chi connectivity index (χ0) is 13.7. The minimum Gasteiger partial charge on any atom is -0.481 e. The summed E-state index contributed by atoms with van der Waals surface area (Å²) in [6, 6.07) is 11.1. The van der Waals surface area contributed by atoms with Crippen LogP contribution in [0, 0.1) is 0 Å². The smallest absolute Gasteiger partial charge is 0.303 e. The minimum absolute atomic E-state index is 0.242. The summed E-state index contributed by atoms with van der Waals surface area (Å²) < 4.78 is 0. The lowest BCUT2D eigenvalue weighted by molar-refractivity contribution is -0.137. The van der Waals surface area contributed by atoms with Crippen molar-refractivity contribution in [1.29, 1.82) is 0 Å². The molecule has 2 rings (SSSR count). The predicted octanol–water partition coefficient (Wildman–Crippen LogP) is 1.71. The fourth-order valence-corrected chi connectivity index (χ4v) is 2.62. The second-order valence-corrected chi connectivity index (χ2v) is 5.31. The average Bonchev–Trinajstić information content (AvgIpc) is 2.39. The molecule has 2 N–H and O–H groups in total. The van der Waals surface area contributed by atoms with Crippen molar-refractivity contribution in [2.24, 2.45) is 0 Å². The quantitative estimate of drug-likeness (QED) is 0.848. The number of carboxylic acid groups (broad SMARTS) is 1. The Bertz CT molecular complexity index is 408. The van der Waals surface area contributed by atoms with Crippen LogP contribution in [0.2, 0.25) is 0 Å². The summed E-state index contributed by atoms with van der Waals surface area (Å²) in [7, 11) is 0. The van der Waals surface area contributed by atoms with Crippen molar-refractivity contribution < 1.29 is 9.90 Å². The number of carbonyl (C=O) groups is 1. The zero-order valence-corrected chi connectivity index (χ0v) is 11.4. The van der Waals surface area contributed by atoms with Crippen molar-refractivity contribution in [3.63, 3.8) is 0 Å². The first-order chi connectivity index (χ1) is 9.15. The molecule has 0 saturated carbocycles. The first kappa shape index (κ1) is 14.0. The van der Waals surface area contributed by atoms with Crippen LogP contribution in [0.1, 0.15) is 25.3 Å². The van der Waals surface area contributed by atoms with E-state index in [9.17, 15) is 4.79 Å².